The molecule has 32 heavy (non-hydrogen) atoms. The SMILES string of the molecule is O=C(CCn1nc(C(F)(F)F)c(Br)c1C1CC1)N1CCN(Cc2cccc(F)c2F)CC1. The van der Waals surface area contributed by atoms with Gasteiger partial charge in [0.05, 0.1) is 16.7 Å². The van der Waals surface area contributed by atoms with Crippen LogP contribution in [0.1, 0.15) is 42.1 Å². The van der Waals surface area contributed by atoms with Crippen LogP contribution in [0.15, 0.2) is 22.7 Å². The zero-order chi connectivity index (χ0) is 23.0. The van der Waals surface area contributed by atoms with Gasteiger partial charge in [-0.2, -0.15) is 18.3 Å². The van der Waals surface area contributed by atoms with Gasteiger partial charge in [-0.05, 0) is 34.8 Å². The molecule has 2 heterocycles. The monoisotopic (exact) mass is 520 g/mol. The zero-order valence-corrected chi connectivity index (χ0v) is 18.7. The average molecular weight is 521 g/mol. The van der Waals surface area contributed by atoms with Crippen LogP contribution in [0, 0.1) is 11.6 Å². The van der Waals surface area contributed by atoms with E-state index in [-0.39, 0.29) is 41.4 Å². The second-order valence-corrected chi connectivity index (χ2v) is 8.96. The maximum atomic E-state index is 13.9. The second-order valence-electron chi connectivity index (χ2n) is 8.16. The third-order valence-corrected chi connectivity index (χ3v) is 6.63. The lowest BCUT2D eigenvalue weighted by atomic mass is 10.1. The number of carbonyl (C=O) groups excluding carboxylic acids is 1. The number of aryl methyl sites for hydroxylation is 1. The zero-order valence-electron chi connectivity index (χ0n) is 17.1. The van der Waals surface area contributed by atoms with E-state index in [0.717, 1.165) is 18.9 Å². The summed E-state index contributed by atoms with van der Waals surface area (Å²) in [6.45, 7) is 2.16. The van der Waals surface area contributed by atoms with Crippen molar-refractivity contribution in [3.63, 3.8) is 0 Å². The molecule has 11 heteroatoms. The Hall–Kier alpha value is -2.01. The van der Waals surface area contributed by atoms with Gasteiger partial charge in [0.2, 0.25) is 5.91 Å². The molecule has 2 aromatic rings. The first-order valence-corrected chi connectivity index (χ1v) is 11.2. The molecule has 0 atom stereocenters. The van der Waals surface area contributed by atoms with E-state index < -0.39 is 23.5 Å². The Kier molecular flexibility index (Phi) is 6.58. The Morgan fingerprint density at radius 2 is 1.81 bits per heavy atom. The Morgan fingerprint density at radius 3 is 2.44 bits per heavy atom. The number of piperazine rings is 1. The molecule has 2 aliphatic rings. The van der Waals surface area contributed by atoms with Crippen LogP contribution in [0.2, 0.25) is 0 Å². The Morgan fingerprint density at radius 1 is 1.12 bits per heavy atom. The van der Waals surface area contributed by atoms with Crippen LogP contribution >= 0.6 is 15.9 Å². The molecule has 1 aromatic carbocycles. The minimum Gasteiger partial charge on any atom is -0.340 e. The first kappa shape index (κ1) is 23.2. The predicted octanol–water partition coefficient (Wildman–Crippen LogP) is 4.55. The van der Waals surface area contributed by atoms with Crippen molar-refractivity contribution in [1.29, 1.82) is 0 Å². The maximum absolute atomic E-state index is 13.9. The molecular formula is C21H22BrF5N4O. The first-order chi connectivity index (χ1) is 15.1. The summed E-state index contributed by atoms with van der Waals surface area (Å²) in [7, 11) is 0. The lowest BCUT2D eigenvalue weighted by Crippen LogP contribution is -2.48. The van der Waals surface area contributed by atoms with Crippen molar-refractivity contribution in [3.8, 4) is 0 Å². The topological polar surface area (TPSA) is 41.4 Å². The van der Waals surface area contributed by atoms with Crippen LogP contribution in [0.4, 0.5) is 22.0 Å². The van der Waals surface area contributed by atoms with Crippen molar-refractivity contribution in [2.24, 2.45) is 0 Å². The van der Waals surface area contributed by atoms with E-state index in [1.165, 1.54) is 16.8 Å². The fourth-order valence-corrected chi connectivity index (χ4v) is 4.81. The number of carbonyl (C=O) groups is 1. The van der Waals surface area contributed by atoms with Gasteiger partial charge in [-0.15, -0.1) is 0 Å². The van der Waals surface area contributed by atoms with Crippen molar-refractivity contribution in [3.05, 3.63) is 51.3 Å². The highest BCUT2D eigenvalue weighted by Gasteiger charge is 2.41. The van der Waals surface area contributed by atoms with Gasteiger partial charge in [-0.25, -0.2) is 8.78 Å². The molecule has 174 valence electrons. The highest BCUT2D eigenvalue weighted by molar-refractivity contribution is 9.10. The van der Waals surface area contributed by atoms with Crippen LogP contribution in [0.3, 0.4) is 0 Å². The van der Waals surface area contributed by atoms with Crippen LogP contribution in [-0.2, 0) is 24.1 Å². The van der Waals surface area contributed by atoms with E-state index >= 15 is 0 Å². The number of rotatable bonds is 6. The number of benzene rings is 1. The summed E-state index contributed by atoms with van der Waals surface area (Å²) in [4.78, 5) is 16.2. The molecule has 2 fully saturated rings. The summed E-state index contributed by atoms with van der Waals surface area (Å²) in [6, 6.07) is 4.06. The van der Waals surface area contributed by atoms with Crippen molar-refractivity contribution < 1.29 is 26.7 Å². The number of alkyl halides is 3. The summed E-state index contributed by atoms with van der Waals surface area (Å²) < 4.78 is 68.2. The van der Waals surface area contributed by atoms with Crippen molar-refractivity contribution >= 4 is 21.8 Å². The fraction of sp³-hybridized carbons (Fsp3) is 0.524. The Labute approximate surface area is 190 Å². The Bertz CT molecular complexity index is 997. The second kappa shape index (κ2) is 9.09. The van der Waals surface area contributed by atoms with Crippen LogP contribution in [0.5, 0.6) is 0 Å². The molecule has 1 amide bonds. The number of aromatic nitrogens is 2. The van der Waals surface area contributed by atoms with Crippen LogP contribution < -0.4 is 0 Å². The quantitative estimate of drug-likeness (QED) is 0.524. The van der Waals surface area contributed by atoms with Gasteiger partial charge in [0.25, 0.3) is 0 Å². The molecule has 0 unspecified atom stereocenters. The lowest BCUT2D eigenvalue weighted by Gasteiger charge is -2.35. The fourth-order valence-electron chi connectivity index (χ4n) is 3.98. The van der Waals surface area contributed by atoms with Gasteiger partial charge in [0.1, 0.15) is 0 Å². The van der Waals surface area contributed by atoms with E-state index in [2.05, 4.69) is 21.0 Å². The van der Waals surface area contributed by atoms with Gasteiger partial charge in [-0.3, -0.25) is 14.4 Å². The summed E-state index contributed by atoms with van der Waals surface area (Å²) in [5, 5.41) is 3.73. The molecule has 0 radical (unpaired) electrons. The van der Waals surface area contributed by atoms with E-state index in [0.29, 0.717) is 31.9 Å². The highest BCUT2D eigenvalue weighted by atomic mass is 79.9. The predicted molar refractivity (Wildman–Crippen MR) is 110 cm³/mol. The number of amides is 1. The van der Waals surface area contributed by atoms with E-state index in [1.807, 2.05) is 4.90 Å². The van der Waals surface area contributed by atoms with Crippen molar-refractivity contribution in [2.75, 3.05) is 26.2 Å². The maximum Gasteiger partial charge on any atom is 0.436 e. The smallest absolute Gasteiger partial charge is 0.340 e. The van der Waals surface area contributed by atoms with Crippen molar-refractivity contribution in [2.45, 2.75) is 44.4 Å². The molecule has 1 aromatic heterocycles. The highest BCUT2D eigenvalue weighted by Crippen LogP contribution is 2.47. The summed E-state index contributed by atoms with van der Waals surface area (Å²) in [5.74, 6) is -1.87. The number of hydrogen-bond donors (Lipinski definition) is 0. The molecule has 0 spiro atoms. The summed E-state index contributed by atoms with van der Waals surface area (Å²) >= 11 is 3.05. The van der Waals surface area contributed by atoms with Crippen molar-refractivity contribution in [1.82, 2.24) is 19.6 Å². The molecule has 1 saturated heterocycles. The largest absolute Gasteiger partial charge is 0.436 e. The average Bonchev–Trinajstić information content (AvgIpc) is 3.52. The van der Waals surface area contributed by atoms with Gasteiger partial charge < -0.3 is 4.90 Å². The third kappa shape index (κ3) is 4.98. The molecule has 0 N–H and O–H groups in total. The Balaban J connectivity index is 1.33. The molecular weight excluding hydrogens is 499 g/mol. The molecule has 4 rings (SSSR count). The van der Waals surface area contributed by atoms with Gasteiger partial charge in [0.15, 0.2) is 17.3 Å². The van der Waals surface area contributed by atoms with E-state index in [4.69, 9.17) is 0 Å². The van der Waals surface area contributed by atoms with E-state index in [1.54, 1.807) is 4.90 Å². The minimum absolute atomic E-state index is 0.0295. The molecule has 1 aliphatic heterocycles. The molecule has 0 bridgehead atoms. The van der Waals surface area contributed by atoms with E-state index in [9.17, 15) is 26.7 Å². The summed E-state index contributed by atoms with van der Waals surface area (Å²) in [5.41, 5.74) is -0.181. The number of halogens is 6. The van der Waals surface area contributed by atoms with Gasteiger partial charge in [0, 0.05) is 50.6 Å². The van der Waals surface area contributed by atoms with Gasteiger partial charge >= 0.3 is 6.18 Å². The summed E-state index contributed by atoms with van der Waals surface area (Å²) in [6.07, 6.45) is -2.90. The first-order valence-electron chi connectivity index (χ1n) is 10.4. The lowest BCUT2D eigenvalue weighted by molar-refractivity contribution is -0.142. The van der Waals surface area contributed by atoms with Crippen LogP contribution in [-0.4, -0.2) is 51.7 Å². The minimum atomic E-state index is -4.56. The van der Waals surface area contributed by atoms with Gasteiger partial charge in [-0.1, -0.05) is 12.1 Å². The molecule has 1 saturated carbocycles. The molecule has 5 nitrogen and oxygen atoms in total. The third-order valence-electron chi connectivity index (χ3n) is 5.85. The molecule has 1 aliphatic carbocycles. The normalized spacial score (nSPS) is 17.8. The number of nitrogens with zero attached hydrogens (tertiary/aromatic N) is 4. The number of hydrogen-bond acceptors (Lipinski definition) is 3. The van der Waals surface area contributed by atoms with Crippen LogP contribution in [0.25, 0.3) is 0 Å². The standard InChI is InChI=1S/C21H22BrF5N4O/c22-17-19(13-4-5-13)31(28-20(17)21(25,26)27)7-6-16(32)30-10-8-29(9-11-30)12-14-2-1-3-15(23)18(14)24/h1-3,13H,4-12H2.